The maximum Gasteiger partial charge on any atom is 0.244 e. The fourth-order valence-electron chi connectivity index (χ4n) is 0.741. The first kappa shape index (κ1) is 11.6. The Morgan fingerprint density at radius 3 is 2.31 bits per heavy atom. The fraction of sp³-hybridized carbons (Fsp3) is 0.667. The summed E-state index contributed by atoms with van der Waals surface area (Å²) in [5, 5.41) is 11.0. The minimum absolute atomic E-state index is 0.315. The Morgan fingerprint density at radius 1 is 1.46 bits per heavy atom. The molecule has 4 heteroatoms. The van der Waals surface area contributed by atoms with E-state index in [1.165, 1.54) is 6.92 Å². The van der Waals surface area contributed by atoms with E-state index in [2.05, 4.69) is 5.32 Å². The summed E-state index contributed by atoms with van der Waals surface area (Å²) in [4.78, 5) is 21.9. The molecule has 0 saturated heterocycles. The molecule has 0 aromatic carbocycles. The Bertz CT molecular complexity index is 240. The number of Topliss-reactive ketones (excluding diaryl/α,β-unsaturated/α-hetero) is 1. The number of nitrogens with one attached hydrogen (secondary N) is 1. The highest BCUT2D eigenvalue weighted by molar-refractivity contribution is 6.02. The molecular formula is C9H14N2O2. The smallest absolute Gasteiger partial charge is 0.244 e. The van der Waals surface area contributed by atoms with Gasteiger partial charge in [0.1, 0.15) is 0 Å². The second-order valence-electron chi connectivity index (χ2n) is 3.31. The number of amides is 1. The van der Waals surface area contributed by atoms with Crippen molar-refractivity contribution in [3.8, 4) is 6.07 Å². The molecule has 0 bridgehead atoms. The molecule has 4 nitrogen and oxygen atoms in total. The van der Waals surface area contributed by atoms with Crippen molar-refractivity contribution in [1.82, 2.24) is 5.32 Å². The van der Waals surface area contributed by atoms with Gasteiger partial charge in [0, 0.05) is 6.54 Å². The third kappa shape index (κ3) is 4.26. The van der Waals surface area contributed by atoms with Gasteiger partial charge in [-0.1, -0.05) is 13.8 Å². The molecule has 0 radical (unpaired) electrons. The largest absolute Gasteiger partial charge is 0.354 e. The van der Waals surface area contributed by atoms with E-state index < -0.39 is 17.6 Å². The predicted molar refractivity (Wildman–Crippen MR) is 47.6 cm³/mol. The van der Waals surface area contributed by atoms with Crippen molar-refractivity contribution >= 4 is 11.7 Å². The summed E-state index contributed by atoms with van der Waals surface area (Å²) in [6.45, 7) is 5.61. The quantitative estimate of drug-likeness (QED) is 0.643. The van der Waals surface area contributed by atoms with Crippen molar-refractivity contribution in [2.45, 2.75) is 20.8 Å². The molecule has 0 aliphatic heterocycles. The van der Waals surface area contributed by atoms with Crippen LogP contribution in [0.3, 0.4) is 0 Å². The summed E-state index contributed by atoms with van der Waals surface area (Å²) >= 11 is 0. The van der Waals surface area contributed by atoms with Crippen LogP contribution in [0.4, 0.5) is 0 Å². The third-order valence-corrected chi connectivity index (χ3v) is 1.48. The van der Waals surface area contributed by atoms with Crippen molar-refractivity contribution in [3.05, 3.63) is 0 Å². The number of ketones is 1. The van der Waals surface area contributed by atoms with Gasteiger partial charge in [0.05, 0.1) is 6.07 Å². The van der Waals surface area contributed by atoms with Crippen molar-refractivity contribution in [3.63, 3.8) is 0 Å². The van der Waals surface area contributed by atoms with Crippen LogP contribution in [0.2, 0.25) is 0 Å². The van der Waals surface area contributed by atoms with Crippen molar-refractivity contribution < 1.29 is 9.59 Å². The zero-order valence-electron chi connectivity index (χ0n) is 8.13. The van der Waals surface area contributed by atoms with Crippen molar-refractivity contribution in [2.75, 3.05) is 6.54 Å². The lowest BCUT2D eigenvalue weighted by atomic mass is 10.1. The van der Waals surface area contributed by atoms with Gasteiger partial charge in [-0.25, -0.2) is 0 Å². The van der Waals surface area contributed by atoms with Crippen LogP contribution in [0.5, 0.6) is 0 Å². The second-order valence-corrected chi connectivity index (χ2v) is 3.31. The lowest BCUT2D eigenvalue weighted by molar-refractivity contribution is -0.130. The van der Waals surface area contributed by atoms with E-state index in [4.69, 9.17) is 5.26 Å². The second kappa shape index (κ2) is 5.31. The highest BCUT2D eigenvalue weighted by Gasteiger charge is 2.22. The summed E-state index contributed by atoms with van der Waals surface area (Å²) in [5.41, 5.74) is 0. The predicted octanol–water partition coefficient (Wildman–Crippen LogP) is 0.487. The summed E-state index contributed by atoms with van der Waals surface area (Å²) in [6.07, 6.45) is 0. The standard InChI is InChI=1S/C9H14N2O2/c1-6(2)5-11-9(13)8(4-10)7(3)12/h6,8H,5H2,1-3H3,(H,11,13). The molecule has 0 spiro atoms. The Labute approximate surface area is 77.9 Å². The normalized spacial score (nSPS) is 11.9. The van der Waals surface area contributed by atoms with E-state index in [9.17, 15) is 9.59 Å². The molecule has 0 aromatic heterocycles. The van der Waals surface area contributed by atoms with Crippen LogP contribution in [-0.4, -0.2) is 18.2 Å². The number of nitriles is 1. The van der Waals surface area contributed by atoms with Gasteiger partial charge in [0.15, 0.2) is 11.7 Å². The first-order valence-corrected chi connectivity index (χ1v) is 4.16. The van der Waals surface area contributed by atoms with Crippen LogP contribution in [0, 0.1) is 23.2 Å². The first-order valence-electron chi connectivity index (χ1n) is 4.16. The van der Waals surface area contributed by atoms with E-state index in [1.807, 2.05) is 13.8 Å². The molecule has 0 aliphatic carbocycles. The highest BCUT2D eigenvalue weighted by Crippen LogP contribution is 1.97. The number of carbonyl (C=O) groups excluding carboxylic acids is 2. The lowest BCUT2D eigenvalue weighted by Crippen LogP contribution is -2.35. The van der Waals surface area contributed by atoms with Gasteiger partial charge in [-0.15, -0.1) is 0 Å². The van der Waals surface area contributed by atoms with Crippen LogP contribution >= 0.6 is 0 Å². The van der Waals surface area contributed by atoms with Gasteiger partial charge >= 0.3 is 0 Å². The van der Waals surface area contributed by atoms with Gasteiger partial charge in [-0.2, -0.15) is 5.26 Å². The molecule has 1 N–H and O–H groups in total. The van der Waals surface area contributed by atoms with E-state index in [1.54, 1.807) is 6.07 Å². The fourth-order valence-corrected chi connectivity index (χ4v) is 0.741. The lowest BCUT2D eigenvalue weighted by Gasteiger charge is -2.09. The minimum atomic E-state index is -1.15. The van der Waals surface area contributed by atoms with Crippen LogP contribution in [0.15, 0.2) is 0 Å². The molecule has 1 atom stereocenters. The maximum atomic E-state index is 11.2. The maximum absolute atomic E-state index is 11.2. The molecule has 0 rings (SSSR count). The number of carbonyl (C=O) groups is 2. The molecule has 0 saturated carbocycles. The van der Waals surface area contributed by atoms with Crippen molar-refractivity contribution in [2.24, 2.45) is 11.8 Å². The molecular weight excluding hydrogens is 168 g/mol. The van der Waals surface area contributed by atoms with Gasteiger partial charge in [0.2, 0.25) is 5.91 Å². The van der Waals surface area contributed by atoms with Crippen LogP contribution < -0.4 is 5.32 Å². The summed E-state index contributed by atoms with van der Waals surface area (Å²) in [7, 11) is 0. The zero-order valence-corrected chi connectivity index (χ0v) is 8.13. The Balaban J connectivity index is 4.10. The van der Waals surface area contributed by atoms with Gasteiger partial charge < -0.3 is 5.32 Å². The SMILES string of the molecule is CC(=O)C(C#N)C(=O)NCC(C)C. The van der Waals surface area contributed by atoms with Crippen LogP contribution in [-0.2, 0) is 9.59 Å². The topological polar surface area (TPSA) is 70.0 Å². The Morgan fingerprint density at radius 2 is 2.00 bits per heavy atom. The zero-order chi connectivity index (χ0) is 10.4. The Kier molecular flexibility index (Phi) is 4.75. The number of nitrogens with zero attached hydrogens (tertiary/aromatic N) is 1. The molecule has 0 fully saturated rings. The molecule has 1 unspecified atom stereocenters. The number of hydrogen-bond donors (Lipinski definition) is 1. The Hall–Kier alpha value is -1.37. The van der Waals surface area contributed by atoms with E-state index >= 15 is 0 Å². The monoisotopic (exact) mass is 182 g/mol. The van der Waals surface area contributed by atoms with Gasteiger partial charge in [0.25, 0.3) is 0 Å². The van der Waals surface area contributed by atoms with Crippen LogP contribution in [0.1, 0.15) is 20.8 Å². The third-order valence-electron chi connectivity index (χ3n) is 1.48. The van der Waals surface area contributed by atoms with E-state index in [-0.39, 0.29) is 0 Å². The molecule has 0 heterocycles. The molecule has 72 valence electrons. The minimum Gasteiger partial charge on any atom is -0.354 e. The van der Waals surface area contributed by atoms with E-state index in [0.717, 1.165) is 0 Å². The van der Waals surface area contributed by atoms with Gasteiger partial charge in [-0.05, 0) is 12.8 Å². The summed E-state index contributed by atoms with van der Waals surface area (Å²) in [6, 6.07) is 1.66. The number of hydrogen-bond acceptors (Lipinski definition) is 3. The highest BCUT2D eigenvalue weighted by atomic mass is 16.2. The molecule has 13 heavy (non-hydrogen) atoms. The summed E-state index contributed by atoms with van der Waals surface area (Å²) in [5.74, 6) is -1.75. The molecule has 0 aliphatic rings. The van der Waals surface area contributed by atoms with Crippen LogP contribution in [0.25, 0.3) is 0 Å². The van der Waals surface area contributed by atoms with E-state index in [0.29, 0.717) is 12.5 Å². The molecule has 1 amide bonds. The van der Waals surface area contributed by atoms with Gasteiger partial charge in [-0.3, -0.25) is 9.59 Å². The summed E-state index contributed by atoms with van der Waals surface area (Å²) < 4.78 is 0. The molecule has 0 aromatic rings. The average molecular weight is 182 g/mol. The number of rotatable bonds is 4. The van der Waals surface area contributed by atoms with Crippen molar-refractivity contribution in [1.29, 1.82) is 5.26 Å². The average Bonchev–Trinajstić information content (AvgIpc) is 2.01. The first-order chi connectivity index (χ1) is 5.99.